The molecule has 36 heavy (non-hydrogen) atoms. The summed E-state index contributed by atoms with van der Waals surface area (Å²) in [7, 11) is 4.64. The van der Waals surface area contributed by atoms with Gasteiger partial charge in [-0.2, -0.15) is 0 Å². The van der Waals surface area contributed by atoms with E-state index < -0.39 is 12.1 Å². The predicted octanol–water partition coefficient (Wildman–Crippen LogP) is 5.28. The fourth-order valence-electron chi connectivity index (χ4n) is 3.45. The largest absolute Gasteiger partial charge is 0.493 e. The van der Waals surface area contributed by atoms with Gasteiger partial charge >= 0.3 is 5.97 Å². The molecular formula is C28H30ClO7. The Kier molecular flexibility index (Phi) is 10.9. The number of hydrogen-bond donors (Lipinski definition) is 0. The van der Waals surface area contributed by atoms with E-state index in [4.69, 9.17) is 40.0 Å². The van der Waals surface area contributed by atoms with Crippen molar-refractivity contribution in [2.45, 2.75) is 6.10 Å². The average Bonchev–Trinajstić information content (AvgIpc) is 2.91. The lowest BCUT2D eigenvalue weighted by Gasteiger charge is -2.21. The standard InChI is InChI=1S/C28H30ClO7/c1-31-14-16-34-27-23(33-3)18-22(25(29)28(27)35-17-15-32-2)19-24(30)36-26(20-10-6-4-7-11-20)21-12-8-5-9-13-21/h4-13,18-19,26H,14-17H2,1-3H3. The van der Waals surface area contributed by atoms with E-state index in [1.165, 1.54) is 13.5 Å². The monoisotopic (exact) mass is 513 g/mol. The molecule has 0 atom stereocenters. The van der Waals surface area contributed by atoms with Crippen LogP contribution in [0.2, 0.25) is 5.02 Å². The van der Waals surface area contributed by atoms with E-state index in [-0.39, 0.29) is 24.0 Å². The molecule has 0 N–H and O–H groups in total. The maximum absolute atomic E-state index is 13.1. The van der Waals surface area contributed by atoms with Gasteiger partial charge in [0.05, 0.1) is 25.3 Å². The maximum Gasteiger partial charge on any atom is 0.315 e. The van der Waals surface area contributed by atoms with E-state index >= 15 is 0 Å². The van der Waals surface area contributed by atoms with E-state index in [9.17, 15) is 4.79 Å². The van der Waals surface area contributed by atoms with Crippen LogP contribution < -0.4 is 14.2 Å². The average molecular weight is 514 g/mol. The Labute approximate surface area is 216 Å². The number of halogens is 1. The summed E-state index contributed by atoms with van der Waals surface area (Å²) >= 11 is 6.68. The third-order valence-corrected chi connectivity index (χ3v) is 5.56. The van der Waals surface area contributed by atoms with Crippen LogP contribution in [-0.4, -0.2) is 53.7 Å². The highest BCUT2D eigenvalue weighted by Crippen LogP contribution is 2.45. The van der Waals surface area contributed by atoms with Crippen LogP contribution in [-0.2, 0) is 19.0 Å². The van der Waals surface area contributed by atoms with Gasteiger partial charge in [0.15, 0.2) is 17.6 Å². The normalized spacial score (nSPS) is 10.8. The lowest BCUT2D eigenvalue weighted by molar-refractivity contribution is -0.142. The zero-order chi connectivity index (χ0) is 25.8. The second-order valence-electron chi connectivity index (χ2n) is 7.61. The van der Waals surface area contributed by atoms with Crippen molar-refractivity contribution in [3.8, 4) is 17.2 Å². The Morgan fingerprint density at radius 3 is 1.83 bits per heavy atom. The summed E-state index contributed by atoms with van der Waals surface area (Å²) in [6.45, 7) is 1.17. The summed E-state index contributed by atoms with van der Waals surface area (Å²) in [6.07, 6.45) is 0.720. The summed E-state index contributed by atoms with van der Waals surface area (Å²) in [6, 6.07) is 20.7. The molecule has 0 saturated heterocycles. The Morgan fingerprint density at radius 2 is 1.33 bits per heavy atom. The van der Waals surface area contributed by atoms with Gasteiger partial charge in [0.25, 0.3) is 0 Å². The van der Waals surface area contributed by atoms with Crippen LogP contribution in [0.1, 0.15) is 22.8 Å². The number of hydrogen-bond acceptors (Lipinski definition) is 7. The number of ether oxygens (including phenoxy) is 6. The molecule has 3 aromatic rings. The molecule has 0 aliphatic rings. The van der Waals surface area contributed by atoms with E-state index in [1.807, 2.05) is 60.7 Å². The Morgan fingerprint density at radius 1 is 0.806 bits per heavy atom. The van der Waals surface area contributed by atoms with Crippen LogP contribution >= 0.6 is 11.6 Å². The number of benzene rings is 3. The predicted molar refractivity (Wildman–Crippen MR) is 137 cm³/mol. The summed E-state index contributed by atoms with van der Waals surface area (Å²) in [5, 5.41) is 0.187. The van der Waals surface area contributed by atoms with Gasteiger partial charge in [0.1, 0.15) is 19.6 Å². The molecule has 3 rings (SSSR count). The van der Waals surface area contributed by atoms with Crippen LogP contribution in [0, 0.1) is 6.42 Å². The smallest absolute Gasteiger partial charge is 0.315 e. The lowest BCUT2D eigenvalue weighted by Crippen LogP contribution is -2.14. The zero-order valence-corrected chi connectivity index (χ0v) is 21.3. The minimum Gasteiger partial charge on any atom is -0.493 e. The Balaban J connectivity index is 1.89. The van der Waals surface area contributed by atoms with Crippen molar-refractivity contribution in [1.82, 2.24) is 0 Å². The lowest BCUT2D eigenvalue weighted by atomic mass is 10.0. The molecule has 0 aliphatic carbocycles. The second-order valence-corrected chi connectivity index (χ2v) is 7.98. The molecule has 0 saturated carbocycles. The van der Waals surface area contributed by atoms with Crippen molar-refractivity contribution in [3.63, 3.8) is 0 Å². The summed E-state index contributed by atoms with van der Waals surface area (Å²) in [5.74, 6) is 0.329. The van der Waals surface area contributed by atoms with E-state index in [2.05, 4.69) is 0 Å². The minimum absolute atomic E-state index is 0.187. The number of methoxy groups -OCH3 is 3. The van der Waals surface area contributed by atoms with Crippen molar-refractivity contribution in [1.29, 1.82) is 0 Å². The first-order chi connectivity index (χ1) is 17.6. The number of carbonyl (C=O) groups excluding carboxylic acids is 1. The molecule has 0 aromatic heterocycles. The molecular weight excluding hydrogens is 484 g/mol. The third kappa shape index (κ3) is 7.37. The summed E-state index contributed by atoms with van der Waals surface area (Å²) in [5.41, 5.74) is 2.06. The Hall–Kier alpha value is -3.26. The van der Waals surface area contributed by atoms with Gasteiger partial charge < -0.3 is 28.4 Å². The van der Waals surface area contributed by atoms with Crippen LogP contribution in [0.5, 0.6) is 17.2 Å². The Bertz CT molecular complexity index is 1050. The minimum atomic E-state index is -0.592. The molecule has 8 heteroatoms. The van der Waals surface area contributed by atoms with Gasteiger partial charge in [-0.25, -0.2) is 0 Å². The van der Waals surface area contributed by atoms with Gasteiger partial charge in [-0.3, -0.25) is 4.79 Å². The topological polar surface area (TPSA) is 72.5 Å². The molecule has 191 valence electrons. The number of esters is 1. The van der Waals surface area contributed by atoms with E-state index in [1.54, 1.807) is 20.3 Å². The van der Waals surface area contributed by atoms with Crippen LogP contribution in [0.15, 0.2) is 66.7 Å². The van der Waals surface area contributed by atoms with Crippen LogP contribution in [0.3, 0.4) is 0 Å². The van der Waals surface area contributed by atoms with Gasteiger partial charge in [-0.15, -0.1) is 0 Å². The number of carbonyl (C=O) groups is 1. The fraction of sp³-hybridized carbons (Fsp3) is 0.286. The molecule has 0 heterocycles. The molecule has 0 unspecified atom stereocenters. The quantitative estimate of drug-likeness (QED) is 0.214. The van der Waals surface area contributed by atoms with Crippen molar-refractivity contribution >= 4 is 17.6 Å². The molecule has 0 aliphatic heterocycles. The van der Waals surface area contributed by atoms with Gasteiger partial charge in [-0.05, 0) is 22.8 Å². The van der Waals surface area contributed by atoms with Crippen molar-refractivity contribution in [3.05, 3.63) is 94.9 Å². The van der Waals surface area contributed by atoms with Gasteiger partial charge in [-0.1, -0.05) is 72.3 Å². The first-order valence-electron chi connectivity index (χ1n) is 11.4. The highest BCUT2D eigenvalue weighted by molar-refractivity contribution is 6.33. The van der Waals surface area contributed by atoms with Crippen molar-refractivity contribution in [2.75, 3.05) is 47.8 Å². The van der Waals surface area contributed by atoms with Crippen molar-refractivity contribution < 1.29 is 33.2 Å². The number of rotatable bonds is 14. The molecule has 0 bridgehead atoms. The van der Waals surface area contributed by atoms with Gasteiger partial charge in [0, 0.05) is 14.2 Å². The van der Waals surface area contributed by atoms with Gasteiger partial charge in [0.2, 0.25) is 5.75 Å². The molecule has 1 radical (unpaired) electrons. The van der Waals surface area contributed by atoms with Crippen molar-refractivity contribution in [2.24, 2.45) is 0 Å². The SMILES string of the molecule is COCCOc1c(OC)cc([CH]C(=O)OC(c2ccccc2)c2ccccc2)c(Cl)c1OCCOC. The first kappa shape index (κ1) is 27.3. The summed E-state index contributed by atoms with van der Waals surface area (Å²) < 4.78 is 33.2. The van der Waals surface area contributed by atoms with E-state index in [0.717, 1.165) is 11.1 Å². The van der Waals surface area contributed by atoms with Crippen LogP contribution in [0.4, 0.5) is 0 Å². The van der Waals surface area contributed by atoms with Crippen LogP contribution in [0.25, 0.3) is 0 Å². The molecule has 3 aromatic carbocycles. The molecule has 0 amide bonds. The highest BCUT2D eigenvalue weighted by Gasteiger charge is 2.25. The maximum atomic E-state index is 13.1. The molecule has 0 fully saturated rings. The fourth-order valence-corrected chi connectivity index (χ4v) is 3.70. The first-order valence-corrected chi connectivity index (χ1v) is 11.8. The van der Waals surface area contributed by atoms with E-state index in [0.29, 0.717) is 30.3 Å². The highest BCUT2D eigenvalue weighted by atomic mass is 35.5. The summed E-state index contributed by atoms with van der Waals surface area (Å²) in [4.78, 5) is 13.1. The second kappa shape index (κ2) is 14.3. The molecule has 0 spiro atoms. The molecule has 7 nitrogen and oxygen atoms in total. The zero-order valence-electron chi connectivity index (χ0n) is 20.6. The third-order valence-electron chi connectivity index (χ3n) is 5.17.